The first kappa shape index (κ1) is 74.1. The van der Waals surface area contributed by atoms with Crippen LogP contribution in [-0.2, 0) is 6.42 Å². The number of hydrogen-bond acceptors (Lipinski definition) is 19. The van der Waals surface area contributed by atoms with E-state index in [-0.39, 0.29) is 50.6 Å². The Balaban J connectivity index is 0.000000166. The molecule has 0 unspecified atom stereocenters. The van der Waals surface area contributed by atoms with Crippen LogP contribution in [0.2, 0.25) is 0 Å². The molecule has 25 heteroatoms. The minimum absolute atomic E-state index is 0.0918. The summed E-state index contributed by atoms with van der Waals surface area (Å²) in [5, 5.41) is 28.8. The number of H-pyrrole nitrogens is 6. The molecule has 6 aromatic carbocycles. The SMILES string of the molecule is C=CCc1cc(/C=c2\sc(=C)[nH]c2=O)cc(OC)c1O.C=c1[nH]c(=O)/c(=C/c2ccc(OC)cc2)s1.C=c1[nH]c(=O)/c(=C/c2cccc(O)c2)s1.C=c1[nH]c(=O)/c(=C/c2cccc(OC)c2)s1.C=c1[nH]c(=O)/c(=C/c2ccccc2O)s1.C=c1[nH]c(=O)/c(=C/c2ccccc2OC)s1. The molecule has 6 heterocycles. The number of aromatic hydroxyl groups is 3. The van der Waals surface area contributed by atoms with E-state index in [0.29, 0.717) is 78.5 Å². The second-order valence-corrected chi connectivity index (χ2v) is 26.9. The number of allylic oxidation sites excluding steroid dienone is 1. The summed E-state index contributed by atoms with van der Waals surface area (Å²) < 4.78 is 28.0. The van der Waals surface area contributed by atoms with Crippen molar-refractivity contribution >= 4 is 144 Å². The van der Waals surface area contributed by atoms with E-state index in [0.717, 1.165) is 45.1 Å². The predicted octanol–water partition coefficient (Wildman–Crippen LogP) is 3.93. The van der Waals surface area contributed by atoms with Crippen molar-refractivity contribution in [3.63, 3.8) is 0 Å². The maximum Gasteiger partial charge on any atom is 0.266 e. The Kier molecular flexibility index (Phi) is 27.2. The summed E-state index contributed by atoms with van der Waals surface area (Å²) in [5.41, 5.74) is 4.91. The van der Waals surface area contributed by atoms with Gasteiger partial charge in [0.2, 0.25) is 0 Å². The second-order valence-electron chi connectivity index (χ2n) is 20.1. The fraction of sp³-hybridized carbons (Fsp3) is 0.0685. The van der Waals surface area contributed by atoms with Crippen molar-refractivity contribution in [2.24, 2.45) is 0 Å². The van der Waals surface area contributed by atoms with E-state index in [9.17, 15) is 44.1 Å². The van der Waals surface area contributed by atoms with Crippen molar-refractivity contribution in [1.29, 1.82) is 0 Å². The van der Waals surface area contributed by atoms with Gasteiger partial charge in [-0.15, -0.1) is 74.6 Å². The maximum atomic E-state index is 11.7. The molecule has 502 valence electrons. The van der Waals surface area contributed by atoms with E-state index >= 15 is 0 Å². The van der Waals surface area contributed by atoms with Crippen molar-refractivity contribution < 1.29 is 34.3 Å². The summed E-state index contributed by atoms with van der Waals surface area (Å²) in [6.45, 7) is 25.8. The molecule has 12 aromatic rings. The predicted molar refractivity (Wildman–Crippen MR) is 403 cm³/mol. The van der Waals surface area contributed by atoms with Crippen LogP contribution in [0.15, 0.2) is 175 Å². The molecule has 0 bridgehead atoms. The van der Waals surface area contributed by atoms with Crippen molar-refractivity contribution in [3.05, 3.63) is 302 Å². The fourth-order valence-corrected chi connectivity index (χ4v) is 13.0. The standard InChI is InChI=1S/C15H15NO3S.3C12H11NO2S.2C11H9NO2S/c1-4-5-11-6-10(7-12(19-3)14(11)17)8-13-15(18)16-9(2)20-13;1-8-13-12(14)11(16-8)7-9-3-5-10(15-2)6-4-9;1-8-13-12(14)11(16-8)7-9-4-3-5-10(6-9)15-2;1-8-13-12(14)11(16-8)7-9-5-3-4-6-10(9)15-2;1-7-12-11(14)10(15-7)6-8-3-2-4-9(13)5-8;1-7-12-11(14)10(15-7)6-8-4-2-3-5-9(8)13/h4,6-8,17H,1-2,5H2,3H3,(H,16,18);3*3-7H,1H2,2H3,(H,13,14);2*2-6,13H,1H2,(H,12,14)/b13-8-;3*11-7-;2*10-6-. The van der Waals surface area contributed by atoms with Crippen LogP contribution in [0, 0.1) is 0 Å². The van der Waals surface area contributed by atoms with E-state index in [4.69, 9.17) is 18.9 Å². The molecule has 0 saturated carbocycles. The lowest BCUT2D eigenvalue weighted by molar-refractivity contribution is 0.371. The summed E-state index contributed by atoms with van der Waals surface area (Å²) in [5.74, 6) is 3.15. The molecule has 0 aliphatic rings. The molecular weight excluding hydrogens is 1360 g/mol. The molecule has 0 radical (unpaired) electrons. The van der Waals surface area contributed by atoms with Gasteiger partial charge in [0.1, 0.15) is 28.7 Å². The van der Waals surface area contributed by atoms with Crippen molar-refractivity contribution in [3.8, 4) is 40.2 Å². The van der Waals surface area contributed by atoms with Crippen LogP contribution in [0.1, 0.15) is 38.9 Å². The first-order valence-electron chi connectivity index (χ1n) is 28.8. The van der Waals surface area contributed by atoms with Gasteiger partial charge in [-0.1, -0.05) is 118 Å². The van der Waals surface area contributed by atoms with Gasteiger partial charge in [0.25, 0.3) is 33.4 Å². The summed E-state index contributed by atoms with van der Waals surface area (Å²) in [6, 6.07) is 39.7. The van der Waals surface area contributed by atoms with Gasteiger partial charge in [0.05, 0.1) is 83.6 Å². The molecule has 0 aliphatic carbocycles. The Morgan fingerprint density at radius 3 is 1.16 bits per heavy atom. The van der Waals surface area contributed by atoms with E-state index in [1.165, 1.54) is 75.1 Å². The van der Waals surface area contributed by atoms with Gasteiger partial charge in [-0.25, -0.2) is 0 Å². The first-order valence-corrected chi connectivity index (χ1v) is 33.7. The number of rotatable bonds is 12. The summed E-state index contributed by atoms with van der Waals surface area (Å²) in [6.07, 6.45) is 12.8. The van der Waals surface area contributed by atoms with Gasteiger partial charge in [0, 0.05) is 16.7 Å². The summed E-state index contributed by atoms with van der Waals surface area (Å²) >= 11 is 7.90. The molecule has 9 N–H and O–H groups in total. The number of phenolic OH excluding ortho intramolecular Hbond substituents is 3. The lowest BCUT2D eigenvalue weighted by Crippen LogP contribution is -2.19. The molecule has 0 saturated heterocycles. The first-order chi connectivity index (χ1) is 46.9. The molecule has 0 amide bonds. The van der Waals surface area contributed by atoms with Gasteiger partial charge in [-0.2, -0.15) is 0 Å². The van der Waals surface area contributed by atoms with Gasteiger partial charge < -0.3 is 64.2 Å². The Hall–Kier alpha value is -11.3. The topological polar surface area (TPSA) is 295 Å². The number of methoxy groups -OCH3 is 4. The van der Waals surface area contributed by atoms with Crippen LogP contribution in [0.5, 0.6) is 40.2 Å². The number of nitrogens with one attached hydrogen (secondary N) is 6. The van der Waals surface area contributed by atoms with Crippen LogP contribution >= 0.6 is 68.0 Å². The van der Waals surface area contributed by atoms with E-state index in [1.807, 2.05) is 91.0 Å². The van der Waals surface area contributed by atoms with Gasteiger partial charge in [0.15, 0.2) is 11.5 Å². The largest absolute Gasteiger partial charge is 0.508 e. The summed E-state index contributed by atoms with van der Waals surface area (Å²) in [7, 11) is 6.34. The molecule has 6 aromatic heterocycles. The number of aromatic nitrogens is 6. The highest BCUT2D eigenvalue weighted by Crippen LogP contribution is 2.32. The molecule has 0 spiro atoms. The van der Waals surface area contributed by atoms with Crippen LogP contribution in [0.3, 0.4) is 0 Å². The number of thiazole rings is 6. The molecule has 12 rings (SSSR count). The zero-order valence-corrected chi connectivity index (χ0v) is 58.2. The van der Waals surface area contributed by atoms with Gasteiger partial charge >= 0.3 is 0 Å². The number of hydrogen-bond donors (Lipinski definition) is 9. The third kappa shape index (κ3) is 22.1. The smallest absolute Gasteiger partial charge is 0.266 e. The van der Waals surface area contributed by atoms with Gasteiger partial charge in [-0.3, -0.25) is 28.8 Å². The van der Waals surface area contributed by atoms with Crippen molar-refractivity contribution in [1.82, 2.24) is 29.9 Å². The van der Waals surface area contributed by atoms with Crippen molar-refractivity contribution in [2.45, 2.75) is 6.42 Å². The van der Waals surface area contributed by atoms with Gasteiger partial charge in [-0.05, 0) is 126 Å². The van der Waals surface area contributed by atoms with Crippen molar-refractivity contribution in [2.75, 3.05) is 28.4 Å². The fourth-order valence-electron chi connectivity index (χ4n) is 8.50. The van der Waals surface area contributed by atoms with E-state index in [1.54, 1.807) is 106 Å². The Morgan fingerprint density at radius 2 is 0.755 bits per heavy atom. The molecule has 0 aliphatic heterocycles. The average molecular weight is 1430 g/mol. The number of para-hydroxylation sites is 2. The molecule has 0 fully saturated rings. The number of benzene rings is 6. The molecule has 98 heavy (non-hydrogen) atoms. The minimum Gasteiger partial charge on any atom is -0.508 e. The highest BCUT2D eigenvalue weighted by atomic mass is 32.1. The normalized spacial score (nSPS) is 11.7. The van der Waals surface area contributed by atoms with Crippen LogP contribution in [0.4, 0.5) is 0 Å². The lowest BCUT2D eigenvalue weighted by atomic mass is 10.1. The quantitative estimate of drug-likeness (QED) is 0.0785. The van der Waals surface area contributed by atoms with E-state index < -0.39 is 0 Å². The van der Waals surface area contributed by atoms with Crippen LogP contribution in [-0.4, -0.2) is 73.7 Å². The monoisotopic (exact) mass is 1430 g/mol. The molecule has 0 atom stereocenters. The van der Waals surface area contributed by atoms with Crippen LogP contribution < -0.4 is 107 Å². The Labute approximate surface area is 581 Å². The molecular formula is C73H66N6O13S6. The Morgan fingerprint density at radius 1 is 0.367 bits per heavy atom. The highest BCUT2D eigenvalue weighted by Gasteiger charge is 2.10. The average Bonchev–Trinajstić information content (AvgIpc) is 1.16. The third-order valence-electron chi connectivity index (χ3n) is 12.9. The van der Waals surface area contributed by atoms with E-state index in [2.05, 4.69) is 76.0 Å². The number of phenols is 3. The maximum absolute atomic E-state index is 11.7. The number of aromatic amines is 6. The van der Waals surface area contributed by atoms with Crippen LogP contribution in [0.25, 0.3) is 75.9 Å². The molecule has 19 nitrogen and oxygen atoms in total. The second kappa shape index (κ2) is 36.0. The third-order valence-corrected chi connectivity index (χ3v) is 18.2. The number of ether oxygens (including phenoxy) is 4. The zero-order valence-electron chi connectivity index (χ0n) is 53.3. The minimum atomic E-state index is -0.173. The zero-order chi connectivity index (χ0) is 71.0. The Bertz CT molecular complexity index is 5890. The highest BCUT2D eigenvalue weighted by molar-refractivity contribution is 7.08. The lowest BCUT2D eigenvalue weighted by Gasteiger charge is -2.09. The summed E-state index contributed by atoms with van der Waals surface area (Å²) in [4.78, 5) is 84.5.